The summed E-state index contributed by atoms with van der Waals surface area (Å²) in [5.74, 6) is -0.123. The maximum absolute atomic E-state index is 11.1. The van der Waals surface area contributed by atoms with E-state index in [4.69, 9.17) is 9.47 Å². The van der Waals surface area contributed by atoms with Crippen molar-refractivity contribution in [1.82, 2.24) is 0 Å². The van der Waals surface area contributed by atoms with Crippen LogP contribution in [0.25, 0.3) is 0 Å². The van der Waals surface area contributed by atoms with Gasteiger partial charge >= 0.3 is 129 Å². The zero-order valence-electron chi connectivity index (χ0n) is 12.4. The van der Waals surface area contributed by atoms with Crippen LogP contribution in [0.5, 0.6) is 0 Å². The molecule has 0 aromatic heterocycles. The fourth-order valence-corrected chi connectivity index (χ4v) is 8.76. The average Bonchev–Trinajstić information content (AvgIpc) is 2.37. The summed E-state index contributed by atoms with van der Waals surface area (Å²) < 4.78 is 12.5. The van der Waals surface area contributed by atoms with Crippen LogP contribution in [0.3, 0.4) is 0 Å². The summed E-state index contributed by atoms with van der Waals surface area (Å²) >= 11 is -0.712. The van der Waals surface area contributed by atoms with E-state index < -0.39 is 24.6 Å². The van der Waals surface area contributed by atoms with E-state index in [1.165, 1.54) is 20.7 Å². The number of hydrogen-bond acceptors (Lipinski definition) is 4. The van der Waals surface area contributed by atoms with E-state index in [1.807, 2.05) is 13.8 Å². The molecule has 0 aliphatic heterocycles. The van der Waals surface area contributed by atoms with Crippen molar-refractivity contribution >= 4 is 11.9 Å². The molecule has 0 saturated carbocycles. The second-order valence-electron chi connectivity index (χ2n) is 4.58. The number of ether oxygens (including phenoxy) is 2. The van der Waals surface area contributed by atoms with Gasteiger partial charge in [0.25, 0.3) is 0 Å². The van der Waals surface area contributed by atoms with Gasteiger partial charge in [-0.2, -0.15) is 0 Å². The molecule has 0 bridgehead atoms. The molecule has 0 saturated heterocycles. The molecule has 0 spiro atoms. The van der Waals surface area contributed by atoms with Gasteiger partial charge in [0.15, 0.2) is 0 Å². The summed E-state index contributed by atoms with van der Waals surface area (Å²) in [6.45, 7) is 4.65. The number of carbonyl (C=O) groups excluding carboxylic acids is 2. The van der Waals surface area contributed by atoms with Crippen molar-refractivity contribution in [2.75, 3.05) is 13.2 Å². The number of unbranched alkanes of at least 4 members (excludes halogenated alkanes) is 2. The minimum absolute atomic E-state index is 0.0615. The fraction of sp³-hybridized carbons (Fsp3) is 0.857. The topological polar surface area (TPSA) is 52.6 Å². The van der Waals surface area contributed by atoms with Crippen LogP contribution in [0.15, 0.2) is 0 Å². The molecule has 0 aliphatic carbocycles. The maximum atomic E-state index is 11.1. The molecular weight excluding hydrogens is 433 g/mol. The van der Waals surface area contributed by atoms with Gasteiger partial charge in [-0.25, -0.2) is 0 Å². The van der Waals surface area contributed by atoms with Crippen molar-refractivity contribution in [3.8, 4) is 0 Å². The van der Waals surface area contributed by atoms with Crippen LogP contribution in [0.1, 0.15) is 52.4 Å². The van der Waals surface area contributed by atoms with Crippen LogP contribution in [-0.2, 0) is 43.6 Å². The first-order valence-corrected chi connectivity index (χ1v) is 15.3. The Morgan fingerprint density at radius 1 is 0.789 bits per heavy atom. The van der Waals surface area contributed by atoms with Gasteiger partial charge in [-0.05, 0) is 0 Å². The van der Waals surface area contributed by atoms with Gasteiger partial charge in [-0.1, -0.05) is 0 Å². The molecule has 0 radical (unpaired) electrons. The van der Waals surface area contributed by atoms with Gasteiger partial charge < -0.3 is 0 Å². The quantitative estimate of drug-likeness (QED) is 0.255. The molecule has 0 amide bonds. The molecule has 0 fully saturated rings. The van der Waals surface area contributed by atoms with Gasteiger partial charge in [0.2, 0.25) is 0 Å². The van der Waals surface area contributed by atoms with Gasteiger partial charge in [0.05, 0.1) is 0 Å². The summed E-state index contributed by atoms with van der Waals surface area (Å²) in [5, 5.41) is 0. The molecule has 0 N–H and O–H groups in total. The molecule has 0 heterocycles. The van der Waals surface area contributed by atoms with Crippen LogP contribution in [-0.4, -0.2) is 25.2 Å². The van der Waals surface area contributed by atoms with Crippen LogP contribution in [0.2, 0.25) is 7.86 Å². The van der Waals surface area contributed by atoms with Crippen LogP contribution in [0.4, 0.5) is 0 Å². The third kappa shape index (κ3) is 14.1. The summed E-state index contributed by atoms with van der Waals surface area (Å²) in [6, 6.07) is 0. The summed E-state index contributed by atoms with van der Waals surface area (Å²) in [5.41, 5.74) is 0. The first kappa shape index (κ1) is 18.9. The SMILES string of the molecule is CCOC(=O)CCC[CH2][Hg][CH2]CCCC(=O)OCC. The second kappa shape index (κ2) is 14.3. The molecule has 4 nitrogen and oxygen atoms in total. The second-order valence-corrected chi connectivity index (χ2v) is 12.8. The Balaban J connectivity index is 3.15. The van der Waals surface area contributed by atoms with E-state index in [1.54, 1.807) is 0 Å². The predicted octanol–water partition coefficient (Wildman–Crippen LogP) is 3.37. The molecule has 0 unspecified atom stereocenters. The Labute approximate surface area is 129 Å². The Bertz CT molecular complexity index is 220. The average molecular weight is 459 g/mol. The molecule has 19 heavy (non-hydrogen) atoms. The van der Waals surface area contributed by atoms with Crippen molar-refractivity contribution in [1.29, 1.82) is 0 Å². The predicted molar refractivity (Wildman–Crippen MR) is 70.6 cm³/mol. The normalized spacial score (nSPS) is 9.79. The number of carbonyl (C=O) groups is 2. The minimum atomic E-state index is -0.712. The Morgan fingerprint density at radius 3 is 1.58 bits per heavy atom. The third-order valence-corrected chi connectivity index (χ3v) is 10.6. The first-order valence-electron chi connectivity index (χ1n) is 7.52. The standard InChI is InChI=1S/2C7H13O2.Hg/c2*1-3-5-6-7(8)9-4-2;/h2*1,3-6H2,2H3;. The van der Waals surface area contributed by atoms with E-state index in [-0.39, 0.29) is 11.9 Å². The van der Waals surface area contributed by atoms with Crippen molar-refractivity contribution in [2.45, 2.75) is 60.2 Å². The first-order chi connectivity index (χ1) is 9.20. The molecular formula is C14H26HgO4. The number of hydrogen-bond donors (Lipinski definition) is 0. The molecule has 0 atom stereocenters. The Hall–Kier alpha value is -0.125. The van der Waals surface area contributed by atoms with Gasteiger partial charge in [0, 0.05) is 0 Å². The van der Waals surface area contributed by atoms with Crippen LogP contribution in [0, 0.1) is 0 Å². The van der Waals surface area contributed by atoms with E-state index >= 15 is 0 Å². The summed E-state index contributed by atoms with van der Waals surface area (Å²) in [7, 11) is 0. The van der Waals surface area contributed by atoms with Crippen molar-refractivity contribution < 1.29 is 43.6 Å². The number of rotatable bonds is 12. The van der Waals surface area contributed by atoms with E-state index in [2.05, 4.69) is 0 Å². The van der Waals surface area contributed by atoms with Crippen molar-refractivity contribution in [3.63, 3.8) is 0 Å². The Morgan fingerprint density at radius 2 is 1.21 bits per heavy atom. The molecule has 0 aromatic carbocycles. The van der Waals surface area contributed by atoms with Crippen molar-refractivity contribution in [2.24, 2.45) is 0 Å². The Kier molecular flexibility index (Phi) is 14.2. The van der Waals surface area contributed by atoms with Crippen molar-refractivity contribution in [3.05, 3.63) is 0 Å². The van der Waals surface area contributed by atoms with E-state index in [0.717, 1.165) is 12.8 Å². The van der Waals surface area contributed by atoms with Gasteiger partial charge in [-0.15, -0.1) is 0 Å². The zero-order chi connectivity index (χ0) is 14.3. The molecule has 108 valence electrons. The summed E-state index contributed by atoms with van der Waals surface area (Å²) in [6.07, 6.45) is 5.45. The molecule has 0 aliphatic rings. The number of esters is 2. The monoisotopic (exact) mass is 460 g/mol. The third-order valence-electron chi connectivity index (χ3n) is 2.87. The van der Waals surface area contributed by atoms with E-state index in [9.17, 15) is 9.59 Å². The van der Waals surface area contributed by atoms with Gasteiger partial charge in [0.1, 0.15) is 0 Å². The molecule has 5 heteroatoms. The summed E-state index contributed by atoms with van der Waals surface area (Å²) in [4.78, 5) is 22.2. The zero-order valence-corrected chi connectivity index (χ0v) is 17.9. The van der Waals surface area contributed by atoms with Gasteiger partial charge in [-0.3, -0.25) is 0 Å². The van der Waals surface area contributed by atoms with Crippen LogP contribution < -0.4 is 0 Å². The van der Waals surface area contributed by atoms with Crippen LogP contribution >= 0.6 is 0 Å². The molecule has 0 rings (SSSR count). The fourth-order valence-electron chi connectivity index (χ4n) is 1.89. The van der Waals surface area contributed by atoms with E-state index in [0.29, 0.717) is 26.1 Å². The molecule has 0 aromatic rings.